The van der Waals surface area contributed by atoms with Gasteiger partial charge in [0.1, 0.15) is 12.4 Å². The van der Waals surface area contributed by atoms with Crippen LogP contribution in [-0.2, 0) is 4.74 Å². The third-order valence-electron chi connectivity index (χ3n) is 1.99. The molecule has 1 aromatic rings. The molecule has 1 rings (SSSR count). The average Bonchev–Trinajstić information content (AvgIpc) is 2.29. The Morgan fingerprint density at radius 1 is 1.38 bits per heavy atom. The van der Waals surface area contributed by atoms with E-state index in [1.165, 1.54) is 0 Å². The Bertz CT molecular complexity index is 388. The van der Waals surface area contributed by atoms with Crippen molar-refractivity contribution >= 4 is 0 Å². The quantitative estimate of drug-likeness (QED) is 0.477. The van der Waals surface area contributed by atoms with E-state index < -0.39 is 0 Å². The maximum Gasteiger partial charge on any atom is 0.189 e. The van der Waals surface area contributed by atoms with E-state index in [0.717, 1.165) is 16.9 Å². The molecule has 0 aromatic heterocycles. The predicted octanol–water partition coefficient (Wildman–Crippen LogP) is 1.71. The number of ether oxygens (including phenoxy) is 2. The van der Waals surface area contributed by atoms with Gasteiger partial charge in [0.2, 0.25) is 0 Å². The van der Waals surface area contributed by atoms with Crippen molar-refractivity contribution < 1.29 is 14.6 Å². The van der Waals surface area contributed by atoms with Crippen LogP contribution < -0.4 is 4.74 Å². The largest absolute Gasteiger partial charge is 0.467 e. The molecule has 0 radical (unpaired) electrons. The van der Waals surface area contributed by atoms with Crippen molar-refractivity contribution in [1.29, 1.82) is 0 Å². The standard InChI is InChI=1S/C13H16O3/c1-3-15-10-16-13-7-6-12(5-4-8-14)9-11(13)2/h6-7,9,14H,3,8,10H2,1-2H3. The van der Waals surface area contributed by atoms with E-state index in [9.17, 15) is 0 Å². The molecule has 0 fully saturated rings. The molecule has 0 amide bonds. The summed E-state index contributed by atoms with van der Waals surface area (Å²) in [4.78, 5) is 0. The maximum atomic E-state index is 8.58. The van der Waals surface area contributed by atoms with Gasteiger partial charge in [-0.2, -0.15) is 0 Å². The summed E-state index contributed by atoms with van der Waals surface area (Å²) in [5, 5.41) is 8.58. The van der Waals surface area contributed by atoms with Crippen LogP contribution >= 0.6 is 0 Å². The van der Waals surface area contributed by atoms with Gasteiger partial charge in [-0.25, -0.2) is 0 Å². The minimum Gasteiger partial charge on any atom is -0.467 e. The van der Waals surface area contributed by atoms with Crippen molar-refractivity contribution in [3.05, 3.63) is 29.3 Å². The highest BCUT2D eigenvalue weighted by atomic mass is 16.7. The summed E-state index contributed by atoms with van der Waals surface area (Å²) in [5.41, 5.74) is 1.87. The summed E-state index contributed by atoms with van der Waals surface area (Å²) in [6, 6.07) is 5.64. The lowest BCUT2D eigenvalue weighted by Gasteiger charge is -2.08. The van der Waals surface area contributed by atoms with E-state index in [1.54, 1.807) is 0 Å². The van der Waals surface area contributed by atoms with Gasteiger partial charge in [-0.1, -0.05) is 11.8 Å². The van der Waals surface area contributed by atoms with Crippen molar-refractivity contribution in [2.45, 2.75) is 13.8 Å². The van der Waals surface area contributed by atoms with Gasteiger partial charge in [-0.15, -0.1) is 0 Å². The molecule has 86 valence electrons. The molecule has 0 aliphatic carbocycles. The Kier molecular flexibility index (Phi) is 5.41. The molecule has 16 heavy (non-hydrogen) atoms. The zero-order valence-corrected chi connectivity index (χ0v) is 9.62. The van der Waals surface area contributed by atoms with Crippen LogP contribution in [0.3, 0.4) is 0 Å². The molecule has 0 aliphatic heterocycles. The summed E-state index contributed by atoms with van der Waals surface area (Å²) in [7, 11) is 0. The molecule has 0 bridgehead atoms. The van der Waals surface area contributed by atoms with Crippen LogP contribution in [0.4, 0.5) is 0 Å². The number of aliphatic hydroxyl groups is 1. The molecule has 0 saturated heterocycles. The van der Waals surface area contributed by atoms with Crippen molar-refractivity contribution in [3.8, 4) is 17.6 Å². The van der Waals surface area contributed by atoms with Crippen molar-refractivity contribution in [2.75, 3.05) is 20.0 Å². The van der Waals surface area contributed by atoms with Crippen molar-refractivity contribution in [1.82, 2.24) is 0 Å². The Hall–Kier alpha value is -1.50. The number of benzene rings is 1. The SMILES string of the molecule is CCOCOc1ccc(C#CCO)cc1C. The first-order valence-electron chi connectivity index (χ1n) is 5.19. The van der Waals surface area contributed by atoms with E-state index in [0.29, 0.717) is 6.61 Å². The Balaban J connectivity index is 2.67. The summed E-state index contributed by atoms with van der Waals surface area (Å²) < 4.78 is 10.5. The minimum atomic E-state index is -0.123. The molecule has 0 heterocycles. The normalized spacial score (nSPS) is 9.44. The van der Waals surface area contributed by atoms with Gasteiger partial charge in [0.25, 0.3) is 0 Å². The number of hydrogen-bond acceptors (Lipinski definition) is 3. The molecule has 0 unspecified atom stereocenters. The second-order valence-electron chi connectivity index (χ2n) is 3.20. The van der Waals surface area contributed by atoms with Gasteiger partial charge >= 0.3 is 0 Å². The number of rotatable bonds is 4. The molecular weight excluding hydrogens is 204 g/mol. The smallest absolute Gasteiger partial charge is 0.189 e. The Morgan fingerprint density at radius 2 is 2.19 bits per heavy atom. The first kappa shape index (κ1) is 12.6. The number of hydrogen-bond donors (Lipinski definition) is 1. The zero-order chi connectivity index (χ0) is 11.8. The molecule has 0 atom stereocenters. The lowest BCUT2D eigenvalue weighted by Crippen LogP contribution is -2.03. The summed E-state index contributed by atoms with van der Waals surface area (Å²) in [5.74, 6) is 6.24. The van der Waals surface area contributed by atoms with E-state index in [4.69, 9.17) is 14.6 Å². The van der Waals surface area contributed by atoms with Crippen LogP contribution in [0.25, 0.3) is 0 Å². The molecule has 1 N–H and O–H groups in total. The molecule has 1 aromatic carbocycles. The zero-order valence-electron chi connectivity index (χ0n) is 9.62. The fourth-order valence-corrected chi connectivity index (χ4v) is 1.22. The van der Waals surface area contributed by atoms with Crippen LogP contribution in [0, 0.1) is 18.8 Å². The lowest BCUT2D eigenvalue weighted by molar-refractivity contribution is 0.0220. The van der Waals surface area contributed by atoms with Crippen LogP contribution in [0.2, 0.25) is 0 Å². The van der Waals surface area contributed by atoms with E-state index in [2.05, 4.69) is 11.8 Å². The summed E-state index contributed by atoms with van der Waals surface area (Å²) >= 11 is 0. The van der Waals surface area contributed by atoms with Crippen molar-refractivity contribution in [3.63, 3.8) is 0 Å². The van der Waals surface area contributed by atoms with Crippen LogP contribution in [0.5, 0.6) is 5.75 Å². The van der Waals surface area contributed by atoms with Gasteiger partial charge in [0.15, 0.2) is 6.79 Å². The number of aryl methyl sites for hydroxylation is 1. The fraction of sp³-hybridized carbons (Fsp3) is 0.385. The highest BCUT2D eigenvalue weighted by molar-refractivity contribution is 5.43. The van der Waals surface area contributed by atoms with Gasteiger partial charge in [0.05, 0.1) is 0 Å². The molecule has 3 nitrogen and oxygen atoms in total. The van der Waals surface area contributed by atoms with Gasteiger partial charge in [0, 0.05) is 12.2 Å². The van der Waals surface area contributed by atoms with Crippen LogP contribution in [0.1, 0.15) is 18.1 Å². The van der Waals surface area contributed by atoms with Gasteiger partial charge in [-0.05, 0) is 37.6 Å². The predicted molar refractivity (Wildman–Crippen MR) is 62.3 cm³/mol. The molecular formula is C13H16O3. The minimum absolute atomic E-state index is 0.123. The Labute approximate surface area is 96.0 Å². The topological polar surface area (TPSA) is 38.7 Å². The maximum absolute atomic E-state index is 8.58. The van der Waals surface area contributed by atoms with Crippen LogP contribution in [-0.4, -0.2) is 25.1 Å². The van der Waals surface area contributed by atoms with Crippen molar-refractivity contribution in [2.24, 2.45) is 0 Å². The van der Waals surface area contributed by atoms with Crippen LogP contribution in [0.15, 0.2) is 18.2 Å². The number of aliphatic hydroxyl groups excluding tert-OH is 1. The third-order valence-corrected chi connectivity index (χ3v) is 1.99. The summed E-state index contributed by atoms with van der Waals surface area (Å²) in [6.07, 6.45) is 0. The molecule has 3 heteroatoms. The highest BCUT2D eigenvalue weighted by Crippen LogP contribution is 2.18. The highest BCUT2D eigenvalue weighted by Gasteiger charge is 1.99. The second kappa shape index (κ2) is 6.89. The van der Waals surface area contributed by atoms with E-state index >= 15 is 0 Å². The monoisotopic (exact) mass is 220 g/mol. The van der Waals surface area contributed by atoms with Gasteiger partial charge < -0.3 is 14.6 Å². The third kappa shape index (κ3) is 3.93. The first-order chi connectivity index (χ1) is 7.77. The molecule has 0 spiro atoms. The lowest BCUT2D eigenvalue weighted by atomic mass is 10.1. The molecule has 0 aliphatic rings. The molecule has 0 saturated carbocycles. The second-order valence-corrected chi connectivity index (χ2v) is 3.20. The first-order valence-corrected chi connectivity index (χ1v) is 5.19. The average molecular weight is 220 g/mol. The van der Waals surface area contributed by atoms with Gasteiger partial charge in [-0.3, -0.25) is 0 Å². The summed E-state index contributed by atoms with van der Waals surface area (Å²) in [6.45, 7) is 4.65. The van der Waals surface area contributed by atoms with E-state index in [1.807, 2.05) is 32.0 Å². The van der Waals surface area contributed by atoms with E-state index in [-0.39, 0.29) is 13.4 Å². The fourth-order valence-electron chi connectivity index (χ4n) is 1.22. The Morgan fingerprint density at radius 3 is 2.81 bits per heavy atom.